The maximum atomic E-state index is 13.5. The summed E-state index contributed by atoms with van der Waals surface area (Å²) < 4.78 is 51.0. The first kappa shape index (κ1) is 26.8. The van der Waals surface area contributed by atoms with Crippen molar-refractivity contribution in [1.82, 2.24) is 15.2 Å². The zero-order chi connectivity index (χ0) is 28.1. The molecule has 2 amide bonds. The summed E-state index contributed by atoms with van der Waals surface area (Å²) in [5, 5.41) is 2.81. The molecule has 1 aliphatic carbocycles. The number of nitrogens with two attached hydrogens (primary N) is 1. The molecule has 5 rings (SSSR count). The summed E-state index contributed by atoms with van der Waals surface area (Å²) in [6.45, 7) is 3.62. The Bertz CT molecular complexity index is 1300. The monoisotopic (exact) mass is 545 g/mol. The van der Waals surface area contributed by atoms with Crippen LogP contribution in [0.2, 0.25) is 0 Å². The van der Waals surface area contributed by atoms with Crippen molar-refractivity contribution < 1.29 is 32.2 Å². The number of hydrogen-bond acceptors (Lipinski definition) is 7. The fraction of sp³-hybridized carbons (Fsp3) is 0.481. The maximum Gasteiger partial charge on any atom is 0.425 e. The van der Waals surface area contributed by atoms with Gasteiger partial charge in [0.1, 0.15) is 5.75 Å². The van der Waals surface area contributed by atoms with E-state index in [1.54, 1.807) is 36.5 Å². The van der Waals surface area contributed by atoms with Crippen LogP contribution < -0.4 is 20.5 Å². The number of benzene rings is 1. The average Bonchev–Trinajstić information content (AvgIpc) is 3.66. The first-order chi connectivity index (χ1) is 18.4. The molecule has 1 aromatic heterocycles. The third kappa shape index (κ3) is 5.37. The van der Waals surface area contributed by atoms with Crippen LogP contribution in [0.5, 0.6) is 11.6 Å². The number of para-hydroxylation sites is 1. The molecule has 5 atom stereocenters. The van der Waals surface area contributed by atoms with Crippen LogP contribution in [0.4, 0.5) is 13.2 Å². The van der Waals surface area contributed by atoms with Crippen LogP contribution in [0, 0.1) is 11.8 Å². The number of pyridine rings is 1. The zero-order valence-corrected chi connectivity index (χ0v) is 21.7. The summed E-state index contributed by atoms with van der Waals surface area (Å²) in [4.78, 5) is 36.8. The molecule has 0 spiro atoms. The highest BCUT2D eigenvalue weighted by atomic mass is 19.4. The predicted molar refractivity (Wildman–Crippen MR) is 135 cm³/mol. The van der Waals surface area contributed by atoms with Gasteiger partial charge in [0.15, 0.2) is 12.1 Å². The normalized spacial score (nSPS) is 26.6. The van der Waals surface area contributed by atoms with Crippen LogP contribution in [0.25, 0.3) is 0 Å². The number of nitrogens with one attached hydrogen (secondary N) is 1. The molecular formula is C27H30F3N5O4. The summed E-state index contributed by atoms with van der Waals surface area (Å²) in [6.07, 6.45) is -4.93. The number of ether oxygens (including phenoxy) is 2. The lowest BCUT2D eigenvalue weighted by Gasteiger charge is -2.38. The second-order valence-electron chi connectivity index (χ2n) is 10.8. The number of hydrogen-bond donors (Lipinski definition) is 2. The van der Waals surface area contributed by atoms with Crippen molar-refractivity contribution in [2.45, 2.75) is 63.0 Å². The van der Waals surface area contributed by atoms with Gasteiger partial charge in [0.25, 0.3) is 0 Å². The fourth-order valence-electron chi connectivity index (χ4n) is 5.46. The molecule has 2 aromatic rings. The number of aliphatic imine (C=N–C) groups is 1. The molecule has 1 saturated carbocycles. The highest BCUT2D eigenvalue weighted by molar-refractivity contribution is 5.99. The molecular weight excluding hydrogens is 515 g/mol. The summed E-state index contributed by atoms with van der Waals surface area (Å²) in [5.41, 5.74) is 6.75. The average molecular weight is 546 g/mol. The van der Waals surface area contributed by atoms with Gasteiger partial charge in [-0.3, -0.25) is 14.5 Å². The van der Waals surface area contributed by atoms with E-state index in [0.29, 0.717) is 23.4 Å². The SMILES string of the molecule is COc1ccc(C([C@H]2CC2C(=O)N[C@H]2C[C@@H](C(F)(F)F)Oc3ccccc32)N2C(=O)CC(C)(C)N=C2N)cn1. The molecule has 9 nitrogen and oxygen atoms in total. The molecule has 39 heavy (non-hydrogen) atoms. The van der Waals surface area contributed by atoms with E-state index in [1.165, 1.54) is 18.1 Å². The Balaban J connectivity index is 1.40. The molecule has 0 radical (unpaired) electrons. The van der Waals surface area contributed by atoms with Crippen molar-refractivity contribution in [2.75, 3.05) is 7.11 Å². The fourth-order valence-corrected chi connectivity index (χ4v) is 5.46. The van der Waals surface area contributed by atoms with Crippen LogP contribution in [-0.2, 0) is 9.59 Å². The number of methoxy groups -OCH3 is 1. The number of rotatable bonds is 6. The lowest BCUT2D eigenvalue weighted by atomic mass is 9.94. The highest BCUT2D eigenvalue weighted by Crippen LogP contribution is 2.51. The number of fused-ring (bicyclic) bond motifs is 1. The minimum Gasteiger partial charge on any atom is -0.481 e. The Hall–Kier alpha value is -3.83. The van der Waals surface area contributed by atoms with Gasteiger partial charge in [-0.2, -0.15) is 13.2 Å². The third-order valence-electron chi connectivity index (χ3n) is 7.38. The Morgan fingerprint density at radius 1 is 1.23 bits per heavy atom. The van der Waals surface area contributed by atoms with E-state index in [2.05, 4.69) is 15.3 Å². The van der Waals surface area contributed by atoms with E-state index >= 15 is 0 Å². The van der Waals surface area contributed by atoms with Crippen LogP contribution >= 0.6 is 0 Å². The number of amides is 2. The molecule has 0 saturated heterocycles. The Kier molecular flexibility index (Phi) is 6.68. The van der Waals surface area contributed by atoms with Gasteiger partial charge in [0.05, 0.1) is 31.2 Å². The molecule has 3 aliphatic rings. The lowest BCUT2D eigenvalue weighted by molar-refractivity contribution is -0.201. The minimum absolute atomic E-state index is 0.0505. The zero-order valence-electron chi connectivity index (χ0n) is 21.7. The second-order valence-corrected chi connectivity index (χ2v) is 10.8. The number of guanidine groups is 1. The Labute approximate surface area is 223 Å². The Morgan fingerprint density at radius 3 is 2.62 bits per heavy atom. The van der Waals surface area contributed by atoms with Crippen LogP contribution in [0.3, 0.4) is 0 Å². The van der Waals surface area contributed by atoms with Gasteiger partial charge >= 0.3 is 6.18 Å². The van der Waals surface area contributed by atoms with E-state index in [0.717, 1.165) is 0 Å². The molecule has 0 bridgehead atoms. The van der Waals surface area contributed by atoms with Gasteiger partial charge in [0.2, 0.25) is 17.7 Å². The van der Waals surface area contributed by atoms with Gasteiger partial charge in [-0.1, -0.05) is 24.3 Å². The number of aromatic nitrogens is 1. The van der Waals surface area contributed by atoms with Gasteiger partial charge in [-0.25, -0.2) is 9.98 Å². The van der Waals surface area contributed by atoms with Gasteiger partial charge < -0.3 is 20.5 Å². The van der Waals surface area contributed by atoms with Crippen molar-refractivity contribution in [2.24, 2.45) is 22.6 Å². The molecule has 3 heterocycles. The summed E-state index contributed by atoms with van der Waals surface area (Å²) in [7, 11) is 1.49. The molecule has 12 heteroatoms. The summed E-state index contributed by atoms with van der Waals surface area (Å²) in [5.74, 6) is -0.988. The highest BCUT2D eigenvalue weighted by Gasteiger charge is 2.54. The number of nitrogens with zero attached hydrogens (tertiary/aromatic N) is 3. The second kappa shape index (κ2) is 9.73. The van der Waals surface area contributed by atoms with Gasteiger partial charge in [-0.15, -0.1) is 0 Å². The molecule has 3 N–H and O–H groups in total. The number of halogens is 3. The van der Waals surface area contributed by atoms with Crippen molar-refractivity contribution in [3.05, 3.63) is 53.7 Å². The van der Waals surface area contributed by atoms with Crippen LogP contribution in [0.15, 0.2) is 47.6 Å². The summed E-state index contributed by atoms with van der Waals surface area (Å²) >= 11 is 0. The Morgan fingerprint density at radius 2 is 1.97 bits per heavy atom. The minimum atomic E-state index is -4.58. The van der Waals surface area contributed by atoms with Gasteiger partial charge in [0, 0.05) is 30.2 Å². The molecule has 1 fully saturated rings. The largest absolute Gasteiger partial charge is 0.481 e. The van der Waals surface area contributed by atoms with Crippen LogP contribution in [0.1, 0.15) is 56.3 Å². The quantitative estimate of drug-likeness (QED) is 0.572. The van der Waals surface area contributed by atoms with E-state index in [1.807, 2.05) is 13.8 Å². The first-order valence-corrected chi connectivity index (χ1v) is 12.7. The first-order valence-electron chi connectivity index (χ1n) is 12.7. The maximum absolute atomic E-state index is 13.5. The number of carbonyl (C=O) groups is 2. The summed E-state index contributed by atoms with van der Waals surface area (Å²) in [6, 6.07) is 8.29. The van der Waals surface area contributed by atoms with Crippen molar-refractivity contribution in [1.29, 1.82) is 0 Å². The van der Waals surface area contributed by atoms with Gasteiger partial charge in [-0.05, 0) is 37.8 Å². The number of carbonyl (C=O) groups excluding carboxylic acids is 2. The predicted octanol–water partition coefficient (Wildman–Crippen LogP) is 3.66. The molecule has 1 aromatic carbocycles. The topological polar surface area (TPSA) is 119 Å². The van der Waals surface area contributed by atoms with E-state index in [-0.39, 0.29) is 30.0 Å². The van der Waals surface area contributed by atoms with Crippen molar-refractivity contribution >= 4 is 17.8 Å². The number of alkyl halides is 3. The van der Waals surface area contributed by atoms with E-state index < -0.39 is 48.1 Å². The molecule has 2 unspecified atom stereocenters. The van der Waals surface area contributed by atoms with E-state index in [4.69, 9.17) is 15.2 Å². The standard InChI is InChI=1S/C27H30F3N5O4/c1-26(2)12-22(36)35(25(31)34-26)23(14-8-9-21(38-3)32-13-14)16-10-17(16)24(37)33-18-11-20(27(28,29)30)39-19-7-5-4-6-15(18)19/h4-9,13,16-18,20,23H,10-12H2,1-3H3,(H2,31,34)(H,33,37)/t16-,17?,18-,20-,23?/m0/s1. The van der Waals surface area contributed by atoms with E-state index in [9.17, 15) is 22.8 Å². The molecule has 2 aliphatic heterocycles. The smallest absolute Gasteiger partial charge is 0.425 e. The van der Waals surface area contributed by atoms with Crippen molar-refractivity contribution in [3.8, 4) is 11.6 Å². The van der Waals surface area contributed by atoms with Crippen molar-refractivity contribution in [3.63, 3.8) is 0 Å². The third-order valence-corrected chi connectivity index (χ3v) is 7.38. The lowest BCUT2D eigenvalue weighted by Crippen LogP contribution is -2.52. The molecule has 208 valence electrons. The van der Waals surface area contributed by atoms with Crippen LogP contribution in [-0.4, -0.2) is 52.6 Å².